The van der Waals surface area contributed by atoms with Crippen LogP contribution in [-0.4, -0.2) is 68.8 Å². The lowest BCUT2D eigenvalue weighted by Crippen LogP contribution is -2.57. The van der Waals surface area contributed by atoms with E-state index in [-0.39, 0.29) is 47.0 Å². The van der Waals surface area contributed by atoms with Crippen molar-refractivity contribution in [1.29, 1.82) is 0 Å². The SMILES string of the molecule is COC(=O)NC(C(=O)Nc1cccc(F)c1CCC1CNC2CCCS(=O)(=O)N1C2)C(c1ccc(F)cc1)c1ccc(C(F)(F)F)cc1. The van der Waals surface area contributed by atoms with Gasteiger partial charge in [0.25, 0.3) is 0 Å². The van der Waals surface area contributed by atoms with Gasteiger partial charge in [0.15, 0.2) is 0 Å². The van der Waals surface area contributed by atoms with Gasteiger partial charge in [-0.2, -0.15) is 17.5 Å². The number of methoxy groups -OCH3 is 1. The lowest BCUT2D eigenvalue weighted by molar-refractivity contribution is -0.137. The number of piperazine rings is 1. The smallest absolute Gasteiger partial charge is 0.416 e. The largest absolute Gasteiger partial charge is 0.453 e. The minimum Gasteiger partial charge on any atom is -0.453 e. The Morgan fingerprint density at radius 2 is 1.69 bits per heavy atom. The molecule has 0 aromatic heterocycles. The van der Waals surface area contributed by atoms with Crippen LogP contribution in [0.5, 0.6) is 0 Å². The van der Waals surface area contributed by atoms with Crippen LogP contribution < -0.4 is 16.0 Å². The number of anilines is 1. The first-order valence-electron chi connectivity index (χ1n) is 15.3. The standard InChI is InChI=1S/C33H35F5N4O5S/c1-47-32(44)41-30(29(21-9-13-23(34)14-10-21)20-7-11-22(12-8-20)33(36,37)38)31(43)40-28-6-2-5-27(35)26(28)16-15-25-18-39-24-4-3-17-48(45,46)42(25)19-24/h2,5-14,24-25,29-30,39H,3-4,15-19H2,1H3,(H,40,43)(H,41,44). The monoisotopic (exact) mass is 694 g/mol. The molecule has 5 atom stereocenters. The van der Waals surface area contributed by atoms with E-state index in [1.807, 2.05) is 0 Å². The molecule has 0 spiro atoms. The van der Waals surface area contributed by atoms with E-state index in [1.165, 1.54) is 34.6 Å². The maximum absolute atomic E-state index is 15.3. The Labute approximate surface area is 274 Å². The highest BCUT2D eigenvalue weighted by molar-refractivity contribution is 7.89. The molecule has 2 amide bonds. The van der Waals surface area contributed by atoms with Gasteiger partial charge in [-0.05, 0) is 73.2 Å². The molecule has 48 heavy (non-hydrogen) atoms. The van der Waals surface area contributed by atoms with Gasteiger partial charge in [0.2, 0.25) is 15.9 Å². The fourth-order valence-electron chi connectivity index (χ4n) is 6.31. The van der Waals surface area contributed by atoms with Gasteiger partial charge in [0, 0.05) is 42.3 Å². The predicted octanol–water partition coefficient (Wildman–Crippen LogP) is 5.18. The van der Waals surface area contributed by atoms with Crippen molar-refractivity contribution in [3.05, 3.63) is 101 Å². The van der Waals surface area contributed by atoms with E-state index < -0.39 is 63.4 Å². The van der Waals surface area contributed by atoms with Crippen LogP contribution in [0.4, 0.5) is 32.4 Å². The van der Waals surface area contributed by atoms with Crippen LogP contribution >= 0.6 is 0 Å². The average Bonchev–Trinajstić information content (AvgIpc) is 3.16. The van der Waals surface area contributed by atoms with E-state index in [0.29, 0.717) is 19.5 Å². The van der Waals surface area contributed by atoms with E-state index in [1.54, 1.807) is 0 Å². The van der Waals surface area contributed by atoms with Crippen LogP contribution in [0.3, 0.4) is 0 Å². The number of hydrogen-bond acceptors (Lipinski definition) is 6. The van der Waals surface area contributed by atoms with Crippen molar-refractivity contribution in [3.63, 3.8) is 0 Å². The number of nitrogens with one attached hydrogen (secondary N) is 3. The highest BCUT2D eigenvalue weighted by Crippen LogP contribution is 2.34. The van der Waals surface area contributed by atoms with Crippen molar-refractivity contribution in [2.24, 2.45) is 0 Å². The molecule has 2 aliphatic rings. The maximum Gasteiger partial charge on any atom is 0.416 e. The quantitative estimate of drug-likeness (QED) is 0.266. The minimum absolute atomic E-state index is 0.0332. The fraction of sp³-hybridized carbons (Fsp3) is 0.394. The van der Waals surface area contributed by atoms with Gasteiger partial charge in [-0.1, -0.05) is 30.3 Å². The summed E-state index contributed by atoms with van der Waals surface area (Å²) >= 11 is 0. The lowest BCUT2D eigenvalue weighted by atomic mass is 9.84. The second-order valence-electron chi connectivity index (χ2n) is 11.8. The van der Waals surface area contributed by atoms with Gasteiger partial charge >= 0.3 is 12.3 Å². The van der Waals surface area contributed by atoms with Crippen molar-refractivity contribution >= 4 is 27.7 Å². The number of ether oxygens (including phenoxy) is 1. The Bertz CT molecular complexity index is 1720. The number of nitrogens with zero attached hydrogens (tertiary/aromatic N) is 1. The highest BCUT2D eigenvalue weighted by Gasteiger charge is 2.39. The number of amides is 2. The van der Waals surface area contributed by atoms with Crippen molar-refractivity contribution in [2.75, 3.05) is 31.3 Å². The Morgan fingerprint density at radius 3 is 2.33 bits per heavy atom. The maximum atomic E-state index is 15.3. The van der Waals surface area contributed by atoms with Crippen LogP contribution in [0.1, 0.15) is 47.4 Å². The minimum atomic E-state index is -4.63. The van der Waals surface area contributed by atoms with E-state index in [2.05, 4.69) is 16.0 Å². The van der Waals surface area contributed by atoms with Gasteiger partial charge in [-0.25, -0.2) is 22.0 Å². The Balaban J connectivity index is 1.46. The third kappa shape index (κ3) is 8.13. The molecule has 3 N–H and O–H groups in total. The van der Waals surface area contributed by atoms with Crippen LogP contribution in [0.25, 0.3) is 0 Å². The van der Waals surface area contributed by atoms with Gasteiger partial charge in [0.1, 0.15) is 17.7 Å². The molecule has 15 heteroatoms. The highest BCUT2D eigenvalue weighted by atomic mass is 32.2. The van der Waals surface area contributed by atoms with Gasteiger partial charge < -0.3 is 20.7 Å². The summed E-state index contributed by atoms with van der Waals surface area (Å²) in [4.78, 5) is 26.5. The van der Waals surface area contributed by atoms with Crippen LogP contribution in [0.2, 0.25) is 0 Å². The summed E-state index contributed by atoms with van der Waals surface area (Å²) in [7, 11) is -2.43. The molecule has 5 unspecified atom stereocenters. The Morgan fingerprint density at radius 1 is 1.02 bits per heavy atom. The summed E-state index contributed by atoms with van der Waals surface area (Å²) in [6, 6.07) is 11.0. The van der Waals surface area contributed by atoms with Crippen molar-refractivity contribution in [3.8, 4) is 0 Å². The fourth-order valence-corrected chi connectivity index (χ4v) is 8.12. The number of hydrogen-bond donors (Lipinski definition) is 3. The number of fused-ring (bicyclic) bond motifs is 2. The van der Waals surface area contributed by atoms with Gasteiger partial charge in [-0.15, -0.1) is 0 Å². The predicted molar refractivity (Wildman–Crippen MR) is 168 cm³/mol. The topological polar surface area (TPSA) is 117 Å². The molecule has 2 aliphatic heterocycles. The van der Waals surface area contributed by atoms with Gasteiger partial charge in [0.05, 0.1) is 18.4 Å². The molecule has 9 nitrogen and oxygen atoms in total. The molecule has 3 aromatic rings. The first-order chi connectivity index (χ1) is 22.8. The zero-order valence-electron chi connectivity index (χ0n) is 25.9. The number of rotatable bonds is 9. The average molecular weight is 695 g/mol. The number of halogens is 5. The van der Waals surface area contributed by atoms with Crippen molar-refractivity contribution in [1.82, 2.24) is 14.9 Å². The summed E-state index contributed by atoms with van der Waals surface area (Å²) in [6.07, 6.45) is -4.09. The van der Waals surface area contributed by atoms with E-state index in [0.717, 1.165) is 49.9 Å². The first kappa shape index (κ1) is 35.2. The number of alkyl carbamates (subject to hydrolysis) is 1. The van der Waals surface area contributed by atoms with E-state index in [4.69, 9.17) is 4.74 Å². The molecule has 2 saturated heterocycles. The molecular formula is C33H35F5N4O5S. The summed E-state index contributed by atoms with van der Waals surface area (Å²) in [5, 5.41) is 8.46. The van der Waals surface area contributed by atoms with Gasteiger partial charge in [-0.3, -0.25) is 4.79 Å². The van der Waals surface area contributed by atoms with Crippen LogP contribution in [0.15, 0.2) is 66.7 Å². The van der Waals surface area contributed by atoms with E-state index >= 15 is 4.39 Å². The number of sulfonamides is 1. The zero-order chi connectivity index (χ0) is 34.6. The summed E-state index contributed by atoms with van der Waals surface area (Å²) < 4.78 is 101. The number of benzene rings is 3. The lowest BCUT2D eigenvalue weighted by Gasteiger charge is -2.37. The number of carbonyl (C=O) groups excluding carboxylic acids is 2. The zero-order valence-corrected chi connectivity index (χ0v) is 26.7. The van der Waals surface area contributed by atoms with Crippen molar-refractivity contribution < 1.29 is 44.7 Å². The third-order valence-corrected chi connectivity index (χ3v) is 10.7. The summed E-state index contributed by atoms with van der Waals surface area (Å²) in [5.74, 6) is -3.22. The third-order valence-electron chi connectivity index (χ3n) is 8.77. The molecule has 5 rings (SSSR count). The van der Waals surface area contributed by atoms with Crippen molar-refractivity contribution in [2.45, 2.75) is 55.9 Å². The molecule has 3 aromatic carbocycles. The summed E-state index contributed by atoms with van der Waals surface area (Å²) in [5.41, 5.74) is -0.305. The molecule has 2 bridgehead atoms. The Kier molecular flexibility index (Phi) is 10.7. The molecule has 258 valence electrons. The van der Waals surface area contributed by atoms with E-state index in [9.17, 15) is 35.6 Å². The second-order valence-corrected chi connectivity index (χ2v) is 13.9. The molecule has 0 radical (unpaired) electrons. The number of alkyl halides is 3. The molecule has 2 heterocycles. The molecule has 0 saturated carbocycles. The van der Waals surface area contributed by atoms with Crippen LogP contribution in [-0.2, 0) is 32.2 Å². The second kappa shape index (κ2) is 14.6. The summed E-state index contributed by atoms with van der Waals surface area (Å²) in [6.45, 7) is 0.709. The molecular weight excluding hydrogens is 659 g/mol. The number of carbonyl (C=O) groups is 2. The molecule has 2 fully saturated rings. The Hall–Kier alpha value is -4.08. The first-order valence-corrected chi connectivity index (χ1v) is 17.0. The normalized spacial score (nSPS) is 21.8. The van der Waals surface area contributed by atoms with Crippen LogP contribution in [0, 0.1) is 11.6 Å². The molecule has 0 aliphatic carbocycles.